The van der Waals surface area contributed by atoms with E-state index in [2.05, 4.69) is 36.2 Å². The van der Waals surface area contributed by atoms with Gasteiger partial charge in [-0.2, -0.15) is 0 Å². The maximum absolute atomic E-state index is 12.7. The first kappa shape index (κ1) is 18.9. The molecule has 2 rings (SSSR count). The van der Waals surface area contributed by atoms with Gasteiger partial charge >= 0.3 is 0 Å². The summed E-state index contributed by atoms with van der Waals surface area (Å²) in [5, 5.41) is 12.9. The zero-order valence-corrected chi connectivity index (χ0v) is 15.2. The van der Waals surface area contributed by atoms with Gasteiger partial charge in [-0.3, -0.25) is 9.69 Å². The van der Waals surface area contributed by atoms with Crippen LogP contribution in [-0.2, 0) is 4.79 Å². The van der Waals surface area contributed by atoms with Crippen molar-refractivity contribution in [2.75, 3.05) is 13.1 Å². The molecule has 1 saturated heterocycles. The van der Waals surface area contributed by atoms with Gasteiger partial charge in [-0.05, 0) is 52.1 Å². The van der Waals surface area contributed by atoms with Crippen LogP contribution >= 0.6 is 0 Å². The smallest absolute Gasteiger partial charge is 0.237 e. The summed E-state index contributed by atoms with van der Waals surface area (Å²) in [5.74, 6) is 0.279. The number of hydrogen-bond acceptors (Lipinski definition) is 3. The predicted octanol–water partition coefficient (Wildman–Crippen LogP) is 2.92. The molecule has 24 heavy (non-hydrogen) atoms. The van der Waals surface area contributed by atoms with Crippen LogP contribution < -0.4 is 5.32 Å². The standard InChI is InChI=1S/C20H32N2O2/c1-15(2)22-12-8-7-11-19(22)20(24)21-14-18(13-16(3)23)17-9-5-4-6-10-17/h4-6,9-10,15-16,18-19,23H,7-8,11-14H2,1-3H3,(H,21,24). The topological polar surface area (TPSA) is 52.6 Å². The zero-order chi connectivity index (χ0) is 17.5. The molecule has 1 aromatic carbocycles. The van der Waals surface area contributed by atoms with Gasteiger partial charge in [-0.1, -0.05) is 36.8 Å². The Morgan fingerprint density at radius 2 is 1.96 bits per heavy atom. The number of rotatable bonds is 7. The Bertz CT molecular complexity index is 502. The summed E-state index contributed by atoms with van der Waals surface area (Å²) in [4.78, 5) is 15.0. The number of likely N-dealkylation sites (tertiary alicyclic amines) is 1. The molecule has 3 unspecified atom stereocenters. The number of carbonyl (C=O) groups excluding carboxylic acids is 1. The summed E-state index contributed by atoms with van der Waals surface area (Å²) < 4.78 is 0. The summed E-state index contributed by atoms with van der Waals surface area (Å²) in [6.07, 6.45) is 3.52. The van der Waals surface area contributed by atoms with E-state index in [9.17, 15) is 9.90 Å². The van der Waals surface area contributed by atoms with Gasteiger partial charge in [0.05, 0.1) is 12.1 Å². The highest BCUT2D eigenvalue weighted by atomic mass is 16.3. The lowest BCUT2D eigenvalue weighted by Gasteiger charge is -2.37. The van der Waals surface area contributed by atoms with Crippen molar-refractivity contribution in [3.63, 3.8) is 0 Å². The molecule has 0 saturated carbocycles. The van der Waals surface area contributed by atoms with Crippen LogP contribution in [0, 0.1) is 0 Å². The van der Waals surface area contributed by atoms with E-state index in [1.54, 1.807) is 6.92 Å². The van der Waals surface area contributed by atoms with Gasteiger partial charge in [0.25, 0.3) is 0 Å². The zero-order valence-electron chi connectivity index (χ0n) is 15.2. The molecule has 1 aliphatic rings. The summed E-state index contributed by atoms with van der Waals surface area (Å²) in [6, 6.07) is 10.5. The highest BCUT2D eigenvalue weighted by Crippen LogP contribution is 2.22. The van der Waals surface area contributed by atoms with Crippen molar-refractivity contribution in [3.8, 4) is 0 Å². The highest BCUT2D eigenvalue weighted by molar-refractivity contribution is 5.81. The average Bonchev–Trinajstić information content (AvgIpc) is 2.58. The summed E-state index contributed by atoms with van der Waals surface area (Å²) >= 11 is 0. The molecule has 4 heteroatoms. The average molecular weight is 332 g/mol. The van der Waals surface area contributed by atoms with Crippen LogP contribution in [-0.4, -0.2) is 47.2 Å². The molecular weight excluding hydrogens is 300 g/mol. The second-order valence-electron chi connectivity index (χ2n) is 7.28. The number of aliphatic hydroxyl groups excluding tert-OH is 1. The van der Waals surface area contributed by atoms with Crippen LogP contribution in [0.4, 0.5) is 0 Å². The van der Waals surface area contributed by atoms with Crippen molar-refractivity contribution in [1.29, 1.82) is 0 Å². The molecule has 3 atom stereocenters. The number of hydrogen-bond donors (Lipinski definition) is 2. The van der Waals surface area contributed by atoms with Crippen LogP contribution in [0.25, 0.3) is 0 Å². The third-order valence-corrected chi connectivity index (χ3v) is 4.93. The maximum Gasteiger partial charge on any atom is 0.237 e. The van der Waals surface area contributed by atoms with Crippen LogP contribution in [0.3, 0.4) is 0 Å². The molecular formula is C20H32N2O2. The monoisotopic (exact) mass is 332 g/mol. The fourth-order valence-electron chi connectivity index (χ4n) is 3.67. The van der Waals surface area contributed by atoms with E-state index in [0.717, 1.165) is 19.4 Å². The van der Waals surface area contributed by atoms with Gasteiger partial charge < -0.3 is 10.4 Å². The molecule has 0 radical (unpaired) electrons. The van der Waals surface area contributed by atoms with Crippen molar-refractivity contribution in [2.24, 2.45) is 0 Å². The lowest BCUT2D eigenvalue weighted by Crippen LogP contribution is -2.52. The molecule has 1 aromatic rings. The molecule has 1 fully saturated rings. The van der Waals surface area contributed by atoms with Crippen molar-refractivity contribution in [3.05, 3.63) is 35.9 Å². The van der Waals surface area contributed by atoms with E-state index in [0.29, 0.717) is 19.0 Å². The van der Waals surface area contributed by atoms with Crippen molar-refractivity contribution >= 4 is 5.91 Å². The van der Waals surface area contributed by atoms with Crippen LogP contribution in [0.15, 0.2) is 30.3 Å². The van der Waals surface area contributed by atoms with Crippen LogP contribution in [0.2, 0.25) is 0 Å². The Morgan fingerprint density at radius 3 is 2.58 bits per heavy atom. The fourth-order valence-corrected chi connectivity index (χ4v) is 3.67. The van der Waals surface area contributed by atoms with E-state index in [1.165, 1.54) is 12.0 Å². The third kappa shape index (κ3) is 5.32. The summed E-state index contributed by atoms with van der Waals surface area (Å²) in [6.45, 7) is 7.71. The quantitative estimate of drug-likeness (QED) is 0.807. The normalized spacial score (nSPS) is 21.5. The molecule has 0 aliphatic carbocycles. The predicted molar refractivity (Wildman–Crippen MR) is 98.0 cm³/mol. The first-order valence-electron chi connectivity index (χ1n) is 9.25. The van der Waals surface area contributed by atoms with Crippen LogP contribution in [0.1, 0.15) is 57.9 Å². The number of piperidine rings is 1. The number of amides is 1. The van der Waals surface area contributed by atoms with Gasteiger partial charge in [0.2, 0.25) is 5.91 Å². The molecule has 0 bridgehead atoms. The molecule has 0 spiro atoms. The highest BCUT2D eigenvalue weighted by Gasteiger charge is 2.30. The maximum atomic E-state index is 12.7. The van der Waals surface area contributed by atoms with E-state index < -0.39 is 0 Å². The molecule has 134 valence electrons. The second kappa shape index (κ2) is 9.19. The van der Waals surface area contributed by atoms with Crippen molar-refractivity contribution in [1.82, 2.24) is 10.2 Å². The molecule has 4 nitrogen and oxygen atoms in total. The lowest BCUT2D eigenvalue weighted by atomic mass is 9.93. The van der Waals surface area contributed by atoms with Gasteiger partial charge in [-0.15, -0.1) is 0 Å². The minimum atomic E-state index is -0.381. The minimum Gasteiger partial charge on any atom is -0.393 e. The van der Waals surface area contributed by atoms with Gasteiger partial charge in [-0.25, -0.2) is 0 Å². The van der Waals surface area contributed by atoms with Crippen LogP contribution in [0.5, 0.6) is 0 Å². The van der Waals surface area contributed by atoms with E-state index in [-0.39, 0.29) is 24.0 Å². The van der Waals surface area contributed by atoms with Crippen molar-refractivity contribution < 1.29 is 9.90 Å². The van der Waals surface area contributed by atoms with Crippen molar-refractivity contribution in [2.45, 2.75) is 70.6 Å². The number of aliphatic hydroxyl groups is 1. The van der Waals surface area contributed by atoms with Gasteiger partial charge in [0.1, 0.15) is 0 Å². The minimum absolute atomic E-state index is 0.0123. The first-order valence-corrected chi connectivity index (χ1v) is 9.25. The second-order valence-corrected chi connectivity index (χ2v) is 7.28. The number of carbonyl (C=O) groups is 1. The summed E-state index contributed by atoms with van der Waals surface area (Å²) in [7, 11) is 0. The molecule has 1 heterocycles. The van der Waals surface area contributed by atoms with E-state index in [1.807, 2.05) is 18.2 Å². The number of benzene rings is 1. The van der Waals surface area contributed by atoms with Gasteiger partial charge in [0, 0.05) is 18.5 Å². The largest absolute Gasteiger partial charge is 0.393 e. The lowest BCUT2D eigenvalue weighted by molar-refractivity contribution is -0.128. The number of nitrogens with zero attached hydrogens (tertiary/aromatic N) is 1. The first-order chi connectivity index (χ1) is 11.5. The number of nitrogens with one attached hydrogen (secondary N) is 1. The molecule has 1 amide bonds. The van der Waals surface area contributed by atoms with Gasteiger partial charge in [0.15, 0.2) is 0 Å². The molecule has 1 aliphatic heterocycles. The Balaban J connectivity index is 1.98. The van der Waals surface area contributed by atoms with E-state index in [4.69, 9.17) is 0 Å². The van der Waals surface area contributed by atoms with E-state index >= 15 is 0 Å². The third-order valence-electron chi connectivity index (χ3n) is 4.93. The SMILES string of the molecule is CC(O)CC(CNC(=O)C1CCCCN1C(C)C)c1ccccc1. The molecule has 0 aromatic heterocycles. The summed E-state index contributed by atoms with van der Waals surface area (Å²) in [5.41, 5.74) is 1.17. The molecule has 2 N–H and O–H groups in total. The Morgan fingerprint density at radius 1 is 1.25 bits per heavy atom. The Labute approximate surface area is 146 Å². The Kier molecular flexibility index (Phi) is 7.25. The fraction of sp³-hybridized carbons (Fsp3) is 0.650. The Hall–Kier alpha value is -1.39.